The highest BCUT2D eigenvalue weighted by molar-refractivity contribution is 7.91. The van der Waals surface area contributed by atoms with Gasteiger partial charge in [-0.25, -0.2) is 8.42 Å². The molecule has 0 radical (unpaired) electrons. The molecule has 0 saturated carbocycles. The normalized spacial score (nSPS) is 12.4. The third kappa shape index (κ3) is 3.24. The van der Waals surface area contributed by atoms with E-state index < -0.39 is 28.8 Å². The standard InChI is InChI=1S/C9H12N2O4S2/c1-9(5-12,6-13)11-17(14,15)8-3-2-7(4-10)16-8/h2-3,11-13H,5-6H2,1H3. The molecule has 0 atom stereocenters. The van der Waals surface area contributed by atoms with E-state index >= 15 is 0 Å². The zero-order chi connectivity index (χ0) is 13.1. The molecule has 3 N–H and O–H groups in total. The molecule has 0 unspecified atom stereocenters. The van der Waals surface area contributed by atoms with Gasteiger partial charge in [0.05, 0.1) is 18.8 Å². The first kappa shape index (κ1) is 14.1. The maximum absolute atomic E-state index is 11.9. The lowest BCUT2D eigenvalue weighted by Gasteiger charge is -2.25. The van der Waals surface area contributed by atoms with Crippen molar-refractivity contribution in [1.29, 1.82) is 5.26 Å². The quantitative estimate of drug-likeness (QED) is 0.680. The number of thiophene rings is 1. The Morgan fingerprint density at radius 3 is 2.47 bits per heavy atom. The molecule has 94 valence electrons. The van der Waals surface area contributed by atoms with Gasteiger partial charge < -0.3 is 10.2 Å². The van der Waals surface area contributed by atoms with E-state index in [9.17, 15) is 8.42 Å². The molecule has 0 fully saturated rings. The summed E-state index contributed by atoms with van der Waals surface area (Å²) in [6.45, 7) is 0.321. The number of aliphatic hydroxyl groups is 2. The molecule has 0 aliphatic heterocycles. The number of hydrogen-bond acceptors (Lipinski definition) is 6. The third-order valence-electron chi connectivity index (χ3n) is 2.04. The van der Waals surface area contributed by atoms with Gasteiger partial charge in [0.1, 0.15) is 15.2 Å². The molecule has 0 amide bonds. The molecule has 0 aliphatic carbocycles. The molecule has 0 bridgehead atoms. The summed E-state index contributed by atoms with van der Waals surface area (Å²) >= 11 is 0.827. The van der Waals surface area contributed by atoms with E-state index in [0.717, 1.165) is 11.3 Å². The summed E-state index contributed by atoms with van der Waals surface area (Å²) in [6, 6.07) is 4.54. The first-order chi connectivity index (χ1) is 7.87. The predicted octanol–water partition coefficient (Wildman–Crippen LogP) is -0.359. The van der Waals surface area contributed by atoms with Crippen molar-refractivity contribution in [2.24, 2.45) is 0 Å². The van der Waals surface area contributed by atoms with Crippen LogP contribution in [0.2, 0.25) is 0 Å². The van der Waals surface area contributed by atoms with E-state index in [1.54, 1.807) is 0 Å². The number of nitrogens with one attached hydrogen (secondary N) is 1. The van der Waals surface area contributed by atoms with Crippen LogP contribution in [0.5, 0.6) is 0 Å². The van der Waals surface area contributed by atoms with Gasteiger partial charge in [0.15, 0.2) is 0 Å². The largest absolute Gasteiger partial charge is 0.394 e. The molecule has 1 aromatic heterocycles. The van der Waals surface area contributed by atoms with Crippen molar-refractivity contribution in [2.75, 3.05) is 13.2 Å². The molecule has 17 heavy (non-hydrogen) atoms. The molecule has 0 saturated heterocycles. The van der Waals surface area contributed by atoms with E-state index in [1.165, 1.54) is 19.1 Å². The van der Waals surface area contributed by atoms with Crippen molar-refractivity contribution in [3.8, 4) is 6.07 Å². The van der Waals surface area contributed by atoms with Crippen molar-refractivity contribution in [1.82, 2.24) is 4.72 Å². The van der Waals surface area contributed by atoms with Crippen molar-refractivity contribution in [2.45, 2.75) is 16.7 Å². The SMILES string of the molecule is CC(CO)(CO)NS(=O)(=O)c1ccc(C#N)s1. The van der Waals surface area contributed by atoms with Crippen molar-refractivity contribution < 1.29 is 18.6 Å². The van der Waals surface area contributed by atoms with Gasteiger partial charge in [-0.1, -0.05) is 0 Å². The molecule has 1 aromatic rings. The maximum Gasteiger partial charge on any atom is 0.250 e. The van der Waals surface area contributed by atoms with E-state index in [4.69, 9.17) is 15.5 Å². The molecular weight excluding hydrogens is 264 g/mol. The van der Waals surface area contributed by atoms with E-state index in [-0.39, 0.29) is 9.09 Å². The minimum atomic E-state index is -3.83. The second-order valence-corrected chi connectivity index (χ2v) is 6.71. The fourth-order valence-corrected chi connectivity index (χ4v) is 3.51. The summed E-state index contributed by atoms with van der Waals surface area (Å²) in [7, 11) is -3.83. The lowest BCUT2D eigenvalue weighted by Crippen LogP contribution is -2.51. The second-order valence-electron chi connectivity index (χ2n) is 3.71. The van der Waals surface area contributed by atoms with Gasteiger partial charge in [0, 0.05) is 0 Å². The average Bonchev–Trinajstić information content (AvgIpc) is 2.77. The molecule has 8 heteroatoms. The smallest absolute Gasteiger partial charge is 0.250 e. The summed E-state index contributed by atoms with van der Waals surface area (Å²) in [5.74, 6) is 0. The Morgan fingerprint density at radius 2 is 2.06 bits per heavy atom. The Hall–Kier alpha value is -0.980. The van der Waals surface area contributed by atoms with Crippen LogP contribution in [0.1, 0.15) is 11.8 Å². The van der Waals surface area contributed by atoms with Crippen LogP contribution < -0.4 is 4.72 Å². The Balaban J connectivity index is 3.01. The summed E-state index contributed by atoms with van der Waals surface area (Å²) < 4.78 is 25.9. The van der Waals surface area contributed by atoms with E-state index in [2.05, 4.69) is 4.72 Å². The van der Waals surface area contributed by atoms with Crippen molar-refractivity contribution in [3.63, 3.8) is 0 Å². The van der Waals surface area contributed by atoms with Crippen LogP contribution in [0.25, 0.3) is 0 Å². The fraction of sp³-hybridized carbons (Fsp3) is 0.444. The van der Waals surface area contributed by atoms with Crippen molar-refractivity contribution in [3.05, 3.63) is 17.0 Å². The number of aliphatic hydroxyl groups excluding tert-OH is 2. The topological polar surface area (TPSA) is 110 Å². The van der Waals surface area contributed by atoms with Crippen LogP contribution in [0, 0.1) is 11.3 Å². The summed E-state index contributed by atoms with van der Waals surface area (Å²) in [5, 5.41) is 26.6. The summed E-state index contributed by atoms with van der Waals surface area (Å²) in [5.41, 5.74) is -1.32. The molecule has 1 heterocycles. The van der Waals surface area contributed by atoms with Gasteiger partial charge in [-0.2, -0.15) is 9.98 Å². The highest BCUT2D eigenvalue weighted by Gasteiger charge is 2.30. The molecule has 1 rings (SSSR count). The molecular formula is C9H12N2O4S2. The number of nitrogens with zero attached hydrogens (tertiary/aromatic N) is 1. The van der Waals surface area contributed by atoms with Gasteiger partial charge >= 0.3 is 0 Å². The Morgan fingerprint density at radius 1 is 1.47 bits per heavy atom. The van der Waals surface area contributed by atoms with Crippen LogP contribution in [-0.2, 0) is 10.0 Å². The monoisotopic (exact) mass is 276 g/mol. The van der Waals surface area contributed by atoms with Gasteiger partial charge in [0.2, 0.25) is 0 Å². The number of nitriles is 1. The Labute approximate surface area is 103 Å². The molecule has 6 nitrogen and oxygen atoms in total. The highest BCUT2D eigenvalue weighted by atomic mass is 32.2. The average molecular weight is 276 g/mol. The second kappa shape index (κ2) is 5.12. The Bertz CT molecular complexity index is 525. The minimum Gasteiger partial charge on any atom is -0.394 e. The van der Waals surface area contributed by atoms with Crippen LogP contribution >= 0.6 is 11.3 Å². The summed E-state index contributed by atoms with van der Waals surface area (Å²) in [4.78, 5) is 0.278. The van der Waals surface area contributed by atoms with Crippen molar-refractivity contribution >= 4 is 21.4 Å². The van der Waals surface area contributed by atoms with Gasteiger partial charge in [-0.15, -0.1) is 11.3 Å². The lowest BCUT2D eigenvalue weighted by atomic mass is 10.1. The van der Waals surface area contributed by atoms with Gasteiger partial charge in [-0.05, 0) is 19.1 Å². The zero-order valence-electron chi connectivity index (χ0n) is 9.04. The maximum atomic E-state index is 11.9. The number of hydrogen-bond donors (Lipinski definition) is 3. The van der Waals surface area contributed by atoms with Gasteiger partial charge in [-0.3, -0.25) is 0 Å². The minimum absolute atomic E-state index is 0.0258. The van der Waals surface area contributed by atoms with E-state index in [0.29, 0.717) is 0 Å². The molecule has 0 aliphatic rings. The first-order valence-electron chi connectivity index (χ1n) is 4.62. The number of sulfonamides is 1. The first-order valence-corrected chi connectivity index (χ1v) is 6.92. The fourth-order valence-electron chi connectivity index (χ4n) is 1.01. The van der Waals surface area contributed by atoms with Crippen LogP contribution in [0.4, 0.5) is 0 Å². The summed E-state index contributed by atoms with van der Waals surface area (Å²) in [6.07, 6.45) is 0. The van der Waals surface area contributed by atoms with Crippen LogP contribution in [-0.4, -0.2) is 37.4 Å². The van der Waals surface area contributed by atoms with E-state index in [1.807, 2.05) is 6.07 Å². The van der Waals surface area contributed by atoms with Gasteiger partial charge in [0.25, 0.3) is 10.0 Å². The van der Waals surface area contributed by atoms with Crippen LogP contribution in [0.3, 0.4) is 0 Å². The highest BCUT2D eigenvalue weighted by Crippen LogP contribution is 2.22. The zero-order valence-corrected chi connectivity index (χ0v) is 10.7. The predicted molar refractivity (Wildman–Crippen MR) is 61.9 cm³/mol. The molecule has 0 aromatic carbocycles. The lowest BCUT2D eigenvalue weighted by molar-refractivity contribution is 0.122. The number of rotatable bonds is 5. The van der Waals surface area contributed by atoms with Crippen LogP contribution in [0.15, 0.2) is 16.3 Å². The third-order valence-corrected chi connectivity index (χ3v) is 5.16. The Kier molecular flexibility index (Phi) is 4.24. The molecule has 0 spiro atoms.